The minimum absolute atomic E-state index is 0.00239. The Kier molecular flexibility index (Phi) is 10.6. The van der Waals surface area contributed by atoms with Crippen molar-refractivity contribution >= 4 is 54.7 Å². The molecule has 1 fully saturated rings. The van der Waals surface area contributed by atoms with Crippen molar-refractivity contribution in [1.29, 1.82) is 0 Å². The van der Waals surface area contributed by atoms with E-state index >= 15 is 0 Å². The Labute approximate surface area is 266 Å². The highest BCUT2D eigenvalue weighted by Gasteiger charge is 2.63. The summed E-state index contributed by atoms with van der Waals surface area (Å²) in [7, 11) is 0.798. The summed E-state index contributed by atoms with van der Waals surface area (Å²) in [6.07, 6.45) is 0.00239. The van der Waals surface area contributed by atoms with E-state index in [9.17, 15) is 14.4 Å². The first kappa shape index (κ1) is 34.8. The minimum atomic E-state index is -1.24. The molecule has 1 saturated heterocycles. The van der Waals surface area contributed by atoms with Gasteiger partial charge in [-0.05, 0) is 70.0 Å². The van der Waals surface area contributed by atoms with Gasteiger partial charge in [-0.25, -0.2) is 0 Å². The molecule has 10 heteroatoms. The average molecular weight is 648 g/mol. The number of nitrogens with one attached hydrogen (secondary N) is 1. The van der Waals surface area contributed by atoms with E-state index in [4.69, 9.17) is 32.7 Å². The number of halogens is 2. The summed E-state index contributed by atoms with van der Waals surface area (Å²) in [6, 6.07) is 11.6. The van der Waals surface area contributed by atoms with E-state index in [1.54, 1.807) is 65.1 Å². The molecule has 1 N–H and O–H groups in total. The molecule has 2 heterocycles. The molecule has 1 spiro atoms. The lowest BCUT2D eigenvalue weighted by molar-refractivity contribution is -0.163. The molecule has 0 saturated carbocycles. The Morgan fingerprint density at radius 3 is 2.28 bits per heavy atom. The van der Waals surface area contributed by atoms with E-state index in [0.29, 0.717) is 32.6 Å². The molecule has 2 amide bonds. The normalized spacial score (nSPS) is 22.3. The van der Waals surface area contributed by atoms with Crippen molar-refractivity contribution in [3.8, 4) is 0 Å². The third-order valence-corrected chi connectivity index (χ3v) is 11.2. The highest BCUT2D eigenvalue weighted by atomic mass is 35.5. The first-order valence-corrected chi connectivity index (χ1v) is 18.7. The van der Waals surface area contributed by atoms with Crippen LogP contribution in [0.25, 0.3) is 0 Å². The predicted molar refractivity (Wildman–Crippen MR) is 177 cm³/mol. The van der Waals surface area contributed by atoms with Gasteiger partial charge in [0.1, 0.15) is 17.6 Å². The molecule has 43 heavy (non-hydrogen) atoms. The number of carbonyl (C=O) groups excluding carboxylic acids is 3. The van der Waals surface area contributed by atoms with Crippen LogP contribution in [0.4, 0.5) is 5.69 Å². The molecule has 4 rings (SSSR count). The van der Waals surface area contributed by atoms with E-state index in [-0.39, 0.29) is 24.8 Å². The Balaban J connectivity index is 0.000000557. The lowest BCUT2D eigenvalue weighted by Gasteiger charge is -2.51. The molecule has 4 atom stereocenters. The number of nitrogens with zero attached hydrogens (tertiary/aromatic N) is 1. The van der Waals surface area contributed by atoms with Crippen LogP contribution in [0.5, 0.6) is 0 Å². The molecule has 0 bridgehead atoms. The van der Waals surface area contributed by atoms with Gasteiger partial charge in [0.25, 0.3) is 0 Å². The third-order valence-electron chi connectivity index (χ3n) is 8.05. The molecule has 2 aromatic rings. The zero-order valence-corrected chi connectivity index (χ0v) is 29.2. The van der Waals surface area contributed by atoms with Gasteiger partial charge < -0.3 is 19.7 Å². The molecule has 2 aliphatic heterocycles. The van der Waals surface area contributed by atoms with Gasteiger partial charge >= 0.3 is 5.97 Å². The Morgan fingerprint density at radius 1 is 1.14 bits per heavy atom. The van der Waals surface area contributed by atoms with E-state index in [1.807, 2.05) is 12.1 Å². The number of fused-ring (bicyclic) bond motifs is 2. The van der Waals surface area contributed by atoms with Gasteiger partial charge in [-0.1, -0.05) is 73.2 Å². The molecule has 2 aromatic carbocycles. The van der Waals surface area contributed by atoms with Gasteiger partial charge in [0.15, 0.2) is 0 Å². The Morgan fingerprint density at radius 2 is 1.77 bits per heavy atom. The van der Waals surface area contributed by atoms with E-state index in [1.165, 1.54) is 4.90 Å². The maximum absolute atomic E-state index is 14.0. The van der Waals surface area contributed by atoms with Gasteiger partial charge in [0.05, 0.1) is 14.1 Å². The minimum Gasteiger partial charge on any atom is -0.459 e. The second kappa shape index (κ2) is 13.1. The van der Waals surface area contributed by atoms with Crippen LogP contribution < -0.4 is 5.32 Å². The predicted octanol–water partition coefficient (Wildman–Crippen LogP) is 7.38. The summed E-state index contributed by atoms with van der Waals surface area (Å²) in [4.78, 5) is 41.8. The molecule has 0 aliphatic carbocycles. The summed E-state index contributed by atoms with van der Waals surface area (Å²) in [5, 5.41) is 3.95. The quantitative estimate of drug-likeness (QED) is 0.201. The Bertz CT molecular complexity index is 1400. The average Bonchev–Trinajstić information content (AvgIpc) is 3.14. The standard InChI is InChI=1S/C27H28Cl2N2O4.C6H16OSi/c1-15(2)24-27(19-10-9-18(29)12-21(19)30-25(27)34)20(16-7-6-8-17(28)11-16)13-22(32)31(24)14-23(33)35-26(3,4)5;1-6(7-2)8(3,4)5/h6-12,20,24H,1,13-14H2,2-5H3,(H,30,34);6H,1-5H3/t20-,24-,27-;/m0./s1. The third kappa shape index (κ3) is 7.53. The van der Waals surface area contributed by atoms with Crippen molar-refractivity contribution in [3.63, 3.8) is 0 Å². The zero-order chi connectivity index (χ0) is 32.5. The molecule has 0 aromatic heterocycles. The van der Waals surface area contributed by atoms with Crippen LogP contribution in [-0.4, -0.2) is 61.8 Å². The second-order valence-electron chi connectivity index (χ2n) is 13.4. The number of rotatable bonds is 6. The van der Waals surface area contributed by atoms with Crippen LogP contribution >= 0.6 is 23.2 Å². The van der Waals surface area contributed by atoms with Gasteiger partial charge in [0, 0.05) is 40.9 Å². The first-order valence-electron chi connectivity index (χ1n) is 14.4. The van der Waals surface area contributed by atoms with Gasteiger partial charge in [0.2, 0.25) is 11.8 Å². The lowest BCUT2D eigenvalue weighted by atomic mass is 9.58. The molecule has 234 valence electrons. The number of hydrogen-bond acceptors (Lipinski definition) is 5. The molecule has 7 nitrogen and oxygen atoms in total. The van der Waals surface area contributed by atoms with E-state index in [2.05, 4.69) is 38.5 Å². The number of anilines is 1. The molecule has 2 aliphatic rings. The zero-order valence-electron chi connectivity index (χ0n) is 26.6. The highest BCUT2D eigenvalue weighted by molar-refractivity contribution is 6.77. The van der Waals surface area contributed by atoms with Gasteiger partial charge in [-0.15, -0.1) is 0 Å². The number of piperidine rings is 1. The largest absolute Gasteiger partial charge is 0.459 e. The Hall–Kier alpha value is -2.65. The summed E-state index contributed by atoms with van der Waals surface area (Å²) in [6.45, 7) is 20.0. The van der Waals surface area contributed by atoms with Crippen LogP contribution in [0.3, 0.4) is 0 Å². The number of esters is 1. The van der Waals surface area contributed by atoms with E-state index in [0.717, 1.165) is 5.56 Å². The maximum atomic E-state index is 14.0. The van der Waals surface area contributed by atoms with Crippen LogP contribution in [0.2, 0.25) is 29.7 Å². The number of ether oxygens (including phenoxy) is 2. The van der Waals surface area contributed by atoms with E-state index < -0.39 is 37.0 Å². The number of methoxy groups -OCH3 is 1. The molecular formula is C33H44Cl2N2O5Si. The van der Waals surface area contributed by atoms with Crippen molar-refractivity contribution in [2.24, 2.45) is 0 Å². The SMILES string of the molecule is C=C(C)[C@@H]1N(CC(=O)OC(C)(C)C)C(=O)C[C@@H](c2cccc(Cl)c2)[C@]12C(=O)Nc1cc(Cl)ccc12.COC(C)[Si](C)(C)C. The topological polar surface area (TPSA) is 84.9 Å². The summed E-state index contributed by atoms with van der Waals surface area (Å²) < 4.78 is 10.7. The summed E-state index contributed by atoms with van der Waals surface area (Å²) in [5.74, 6) is -1.65. The smallest absolute Gasteiger partial charge is 0.326 e. The highest BCUT2D eigenvalue weighted by Crippen LogP contribution is 2.56. The van der Waals surface area contributed by atoms with Gasteiger partial charge in [-0.3, -0.25) is 14.4 Å². The van der Waals surface area contributed by atoms with Crippen molar-refractivity contribution in [2.75, 3.05) is 19.0 Å². The van der Waals surface area contributed by atoms with Crippen LogP contribution in [0.1, 0.15) is 58.1 Å². The second-order valence-corrected chi connectivity index (χ2v) is 19.8. The lowest BCUT2D eigenvalue weighted by Crippen LogP contribution is -2.64. The fraction of sp³-hybridized carbons (Fsp3) is 0.485. The van der Waals surface area contributed by atoms with Crippen LogP contribution in [0.15, 0.2) is 54.6 Å². The number of benzene rings is 2. The van der Waals surface area contributed by atoms with Crippen molar-refractivity contribution in [1.82, 2.24) is 4.90 Å². The summed E-state index contributed by atoms with van der Waals surface area (Å²) in [5.41, 5.74) is 1.13. The monoisotopic (exact) mass is 646 g/mol. The maximum Gasteiger partial charge on any atom is 0.326 e. The van der Waals surface area contributed by atoms with Crippen LogP contribution in [-0.2, 0) is 29.3 Å². The van der Waals surface area contributed by atoms with Crippen molar-refractivity contribution in [2.45, 2.75) is 89.4 Å². The molecule has 0 radical (unpaired) electrons. The number of hydrogen-bond donors (Lipinski definition) is 1. The molecular weight excluding hydrogens is 603 g/mol. The fourth-order valence-corrected chi connectivity index (χ4v) is 6.86. The molecule has 1 unspecified atom stereocenters. The number of likely N-dealkylation sites (tertiary alicyclic amines) is 1. The fourth-order valence-electron chi connectivity index (χ4n) is 5.78. The number of amides is 2. The van der Waals surface area contributed by atoms with Crippen LogP contribution in [0, 0.1) is 0 Å². The first-order chi connectivity index (χ1) is 19.8. The summed E-state index contributed by atoms with van der Waals surface area (Å²) >= 11 is 12.6. The number of carbonyl (C=O) groups is 3. The van der Waals surface area contributed by atoms with Crippen molar-refractivity contribution < 1.29 is 23.9 Å². The van der Waals surface area contributed by atoms with Crippen molar-refractivity contribution in [3.05, 3.63) is 75.8 Å². The van der Waals surface area contributed by atoms with Gasteiger partial charge in [-0.2, -0.15) is 0 Å².